The normalized spacial score (nSPS) is 19.6. The molecule has 122 valence electrons. The monoisotopic (exact) mass is 329 g/mol. The van der Waals surface area contributed by atoms with E-state index in [4.69, 9.17) is 0 Å². The standard InChI is InChI=1S/C14H20FN3O3S/c1-22(20,21)18-7-3-4-11(10-18)9-16-14(19)17-13-6-2-5-12(15)8-13/h2,5-6,8,11H,3-4,7,9-10H2,1H3,(H2,16,17,19)/t11-/m1/s1. The summed E-state index contributed by atoms with van der Waals surface area (Å²) in [6.07, 6.45) is 2.84. The fourth-order valence-corrected chi connectivity index (χ4v) is 3.42. The van der Waals surface area contributed by atoms with Crippen molar-refractivity contribution >= 4 is 21.7 Å². The van der Waals surface area contributed by atoms with E-state index in [1.807, 2.05) is 0 Å². The molecule has 2 amide bonds. The van der Waals surface area contributed by atoms with E-state index in [9.17, 15) is 17.6 Å². The molecule has 8 heteroatoms. The molecule has 6 nitrogen and oxygen atoms in total. The van der Waals surface area contributed by atoms with Crippen LogP contribution < -0.4 is 10.6 Å². The minimum atomic E-state index is -3.19. The van der Waals surface area contributed by atoms with Crippen LogP contribution in [0.15, 0.2) is 24.3 Å². The minimum absolute atomic E-state index is 0.0849. The van der Waals surface area contributed by atoms with Crippen LogP contribution in [-0.2, 0) is 10.0 Å². The van der Waals surface area contributed by atoms with Gasteiger partial charge in [0.1, 0.15) is 5.82 Å². The number of anilines is 1. The quantitative estimate of drug-likeness (QED) is 0.881. The second kappa shape index (κ2) is 7.06. The van der Waals surface area contributed by atoms with Crippen molar-refractivity contribution in [2.24, 2.45) is 5.92 Å². The number of amides is 2. The van der Waals surface area contributed by atoms with Crippen LogP contribution in [0.5, 0.6) is 0 Å². The van der Waals surface area contributed by atoms with Gasteiger partial charge in [-0.05, 0) is 37.0 Å². The van der Waals surface area contributed by atoms with Crippen LogP contribution in [0.2, 0.25) is 0 Å². The summed E-state index contributed by atoms with van der Waals surface area (Å²) in [5, 5.41) is 5.24. The highest BCUT2D eigenvalue weighted by atomic mass is 32.2. The summed E-state index contributed by atoms with van der Waals surface area (Å²) in [4.78, 5) is 11.8. The molecule has 1 saturated heterocycles. The predicted molar refractivity (Wildman–Crippen MR) is 82.6 cm³/mol. The SMILES string of the molecule is CS(=O)(=O)N1CCC[C@H](CNC(=O)Nc2cccc(F)c2)C1. The average molecular weight is 329 g/mol. The van der Waals surface area contributed by atoms with Crippen molar-refractivity contribution in [3.63, 3.8) is 0 Å². The third-order valence-corrected chi connectivity index (χ3v) is 4.85. The molecule has 0 unspecified atom stereocenters. The Hall–Kier alpha value is -1.67. The second-order valence-electron chi connectivity index (χ2n) is 5.47. The molecule has 1 heterocycles. The van der Waals surface area contributed by atoms with Gasteiger partial charge in [0.05, 0.1) is 6.26 Å². The first kappa shape index (κ1) is 16.7. The van der Waals surface area contributed by atoms with Gasteiger partial charge in [-0.15, -0.1) is 0 Å². The van der Waals surface area contributed by atoms with Crippen molar-refractivity contribution in [1.29, 1.82) is 0 Å². The molecule has 1 aliphatic heterocycles. The number of nitrogens with one attached hydrogen (secondary N) is 2. The van der Waals surface area contributed by atoms with Crippen LogP contribution >= 0.6 is 0 Å². The molecule has 0 saturated carbocycles. The van der Waals surface area contributed by atoms with E-state index < -0.39 is 21.9 Å². The molecule has 2 N–H and O–H groups in total. The molecule has 1 aromatic carbocycles. The molecular weight excluding hydrogens is 309 g/mol. The first-order valence-corrected chi connectivity index (χ1v) is 8.95. The topological polar surface area (TPSA) is 78.5 Å². The van der Waals surface area contributed by atoms with Gasteiger partial charge in [-0.25, -0.2) is 21.9 Å². The number of sulfonamides is 1. The van der Waals surface area contributed by atoms with E-state index >= 15 is 0 Å². The van der Waals surface area contributed by atoms with Gasteiger partial charge >= 0.3 is 6.03 Å². The lowest BCUT2D eigenvalue weighted by Crippen LogP contribution is -2.43. The Morgan fingerprint density at radius 1 is 1.45 bits per heavy atom. The van der Waals surface area contributed by atoms with Crippen LogP contribution in [0.1, 0.15) is 12.8 Å². The zero-order chi connectivity index (χ0) is 16.2. The summed E-state index contributed by atoms with van der Waals surface area (Å²) in [7, 11) is -3.19. The Morgan fingerprint density at radius 3 is 2.91 bits per heavy atom. The van der Waals surface area contributed by atoms with E-state index in [0.29, 0.717) is 25.3 Å². The predicted octanol–water partition coefficient (Wildman–Crippen LogP) is 1.62. The summed E-state index contributed by atoms with van der Waals surface area (Å²) in [6.45, 7) is 1.33. The molecule has 1 aromatic rings. The van der Waals surface area contributed by atoms with Crippen molar-refractivity contribution in [1.82, 2.24) is 9.62 Å². The Morgan fingerprint density at radius 2 is 2.23 bits per heavy atom. The number of nitrogens with zero attached hydrogens (tertiary/aromatic N) is 1. The van der Waals surface area contributed by atoms with Gasteiger partial charge in [0.2, 0.25) is 10.0 Å². The maximum Gasteiger partial charge on any atom is 0.319 e. The van der Waals surface area contributed by atoms with Gasteiger partial charge in [-0.2, -0.15) is 0 Å². The van der Waals surface area contributed by atoms with Crippen molar-refractivity contribution in [3.8, 4) is 0 Å². The van der Waals surface area contributed by atoms with Crippen LogP contribution in [0.25, 0.3) is 0 Å². The average Bonchev–Trinajstić information content (AvgIpc) is 2.45. The Balaban J connectivity index is 1.81. The number of benzene rings is 1. The van der Waals surface area contributed by atoms with Crippen molar-refractivity contribution < 1.29 is 17.6 Å². The Bertz CT molecular complexity index is 636. The lowest BCUT2D eigenvalue weighted by molar-refractivity contribution is 0.239. The number of piperidine rings is 1. The third-order valence-electron chi connectivity index (χ3n) is 3.58. The maximum absolute atomic E-state index is 13.0. The molecule has 0 bridgehead atoms. The smallest absolute Gasteiger partial charge is 0.319 e. The molecule has 1 aliphatic rings. The van der Waals surface area contributed by atoms with Gasteiger partial charge in [-0.3, -0.25) is 0 Å². The van der Waals surface area contributed by atoms with Crippen LogP contribution in [0.4, 0.5) is 14.9 Å². The van der Waals surface area contributed by atoms with Gasteiger partial charge in [0, 0.05) is 25.3 Å². The van der Waals surface area contributed by atoms with Crippen LogP contribution in [-0.4, -0.2) is 44.6 Å². The zero-order valence-electron chi connectivity index (χ0n) is 12.4. The van der Waals surface area contributed by atoms with Crippen molar-refractivity contribution in [2.75, 3.05) is 31.2 Å². The zero-order valence-corrected chi connectivity index (χ0v) is 13.2. The van der Waals surface area contributed by atoms with Gasteiger partial charge in [0.25, 0.3) is 0 Å². The number of carbonyl (C=O) groups excluding carboxylic acids is 1. The number of hydrogen-bond donors (Lipinski definition) is 2. The molecule has 1 atom stereocenters. The second-order valence-corrected chi connectivity index (χ2v) is 7.46. The number of halogens is 1. The van der Waals surface area contributed by atoms with E-state index in [1.54, 1.807) is 6.07 Å². The maximum atomic E-state index is 13.0. The molecule has 2 rings (SSSR count). The van der Waals surface area contributed by atoms with Gasteiger partial charge < -0.3 is 10.6 Å². The van der Waals surface area contributed by atoms with E-state index in [0.717, 1.165) is 12.8 Å². The first-order chi connectivity index (χ1) is 10.3. The number of urea groups is 1. The van der Waals surface area contributed by atoms with Crippen LogP contribution in [0, 0.1) is 11.7 Å². The number of rotatable bonds is 4. The van der Waals surface area contributed by atoms with E-state index in [2.05, 4.69) is 10.6 Å². The number of carbonyl (C=O) groups is 1. The van der Waals surface area contributed by atoms with E-state index in [1.165, 1.54) is 28.8 Å². The Kier molecular flexibility index (Phi) is 5.36. The largest absolute Gasteiger partial charge is 0.338 e. The fraction of sp³-hybridized carbons (Fsp3) is 0.500. The molecule has 0 aromatic heterocycles. The van der Waals surface area contributed by atoms with Crippen LogP contribution in [0.3, 0.4) is 0 Å². The molecule has 0 aliphatic carbocycles. The summed E-state index contributed by atoms with van der Waals surface area (Å²) in [5.74, 6) is -0.337. The summed E-state index contributed by atoms with van der Waals surface area (Å²) >= 11 is 0. The first-order valence-electron chi connectivity index (χ1n) is 7.10. The summed E-state index contributed by atoms with van der Waals surface area (Å²) in [5.41, 5.74) is 0.374. The lowest BCUT2D eigenvalue weighted by atomic mass is 10.00. The highest BCUT2D eigenvalue weighted by molar-refractivity contribution is 7.88. The van der Waals surface area contributed by atoms with Gasteiger partial charge in [0.15, 0.2) is 0 Å². The Labute approximate surface area is 129 Å². The van der Waals surface area contributed by atoms with Gasteiger partial charge in [-0.1, -0.05) is 6.07 Å². The minimum Gasteiger partial charge on any atom is -0.338 e. The highest BCUT2D eigenvalue weighted by Crippen LogP contribution is 2.18. The molecular formula is C14H20FN3O3S. The molecule has 0 spiro atoms. The lowest BCUT2D eigenvalue weighted by Gasteiger charge is -2.30. The highest BCUT2D eigenvalue weighted by Gasteiger charge is 2.25. The summed E-state index contributed by atoms with van der Waals surface area (Å²) in [6, 6.07) is 5.20. The van der Waals surface area contributed by atoms with E-state index in [-0.39, 0.29) is 5.92 Å². The number of hydrogen-bond acceptors (Lipinski definition) is 3. The molecule has 0 radical (unpaired) electrons. The third kappa shape index (κ3) is 4.96. The van der Waals surface area contributed by atoms with Crippen molar-refractivity contribution in [3.05, 3.63) is 30.1 Å². The van der Waals surface area contributed by atoms with Crippen molar-refractivity contribution in [2.45, 2.75) is 12.8 Å². The molecule has 1 fully saturated rings. The fourth-order valence-electron chi connectivity index (χ4n) is 2.47. The molecule has 22 heavy (non-hydrogen) atoms. The summed E-state index contributed by atoms with van der Waals surface area (Å²) < 4.78 is 37.5.